The molecule has 0 aliphatic carbocycles. The van der Waals surface area contributed by atoms with Crippen LogP contribution in [0.25, 0.3) is 0 Å². The van der Waals surface area contributed by atoms with Crippen molar-refractivity contribution in [3.63, 3.8) is 0 Å². The molecule has 0 spiro atoms. The monoisotopic (exact) mass is 253 g/mol. The summed E-state index contributed by atoms with van der Waals surface area (Å²) in [5, 5.41) is 3.49. The highest BCUT2D eigenvalue weighted by atomic mass is 14.8. The Hall–Kier alpha value is -1.60. The number of hydrogen-bond acceptors (Lipinski definition) is 1. The van der Waals surface area contributed by atoms with Gasteiger partial charge in [-0.25, -0.2) is 0 Å². The second-order valence-corrected chi connectivity index (χ2v) is 5.13. The van der Waals surface area contributed by atoms with Crippen LogP contribution in [0, 0.1) is 13.8 Å². The van der Waals surface area contributed by atoms with Crippen LogP contribution in [-0.2, 0) is 0 Å². The fraction of sp³-hybridized carbons (Fsp3) is 0.333. The van der Waals surface area contributed by atoms with Crippen molar-refractivity contribution in [3.8, 4) is 0 Å². The number of likely N-dealkylation sites (N-methyl/N-ethyl adjacent to an activating group) is 1. The first-order valence-electron chi connectivity index (χ1n) is 7.05. The van der Waals surface area contributed by atoms with E-state index in [1.165, 1.54) is 22.3 Å². The Kier molecular flexibility index (Phi) is 4.75. The molecule has 0 amide bonds. The van der Waals surface area contributed by atoms with E-state index in [4.69, 9.17) is 0 Å². The molecule has 1 nitrogen and oxygen atoms in total. The summed E-state index contributed by atoms with van der Waals surface area (Å²) in [6.07, 6.45) is 0. The molecular formula is C18H23N. The summed E-state index contributed by atoms with van der Waals surface area (Å²) >= 11 is 0. The van der Waals surface area contributed by atoms with Gasteiger partial charge in [0.15, 0.2) is 0 Å². The first-order chi connectivity index (χ1) is 9.22. The van der Waals surface area contributed by atoms with E-state index in [9.17, 15) is 0 Å². The fourth-order valence-corrected chi connectivity index (χ4v) is 2.52. The number of rotatable bonds is 5. The molecule has 2 aromatic carbocycles. The van der Waals surface area contributed by atoms with Crippen LogP contribution in [0.2, 0.25) is 0 Å². The maximum atomic E-state index is 3.49. The number of hydrogen-bond donors (Lipinski definition) is 1. The molecule has 0 bridgehead atoms. The van der Waals surface area contributed by atoms with E-state index in [0.29, 0.717) is 5.92 Å². The molecule has 0 saturated carbocycles. The van der Waals surface area contributed by atoms with Gasteiger partial charge in [-0.05, 0) is 37.1 Å². The van der Waals surface area contributed by atoms with Crippen LogP contribution >= 0.6 is 0 Å². The van der Waals surface area contributed by atoms with Crippen molar-refractivity contribution in [2.45, 2.75) is 26.7 Å². The van der Waals surface area contributed by atoms with E-state index >= 15 is 0 Å². The van der Waals surface area contributed by atoms with Gasteiger partial charge in [0.1, 0.15) is 0 Å². The summed E-state index contributed by atoms with van der Waals surface area (Å²) in [5.41, 5.74) is 5.53. The van der Waals surface area contributed by atoms with Crippen LogP contribution in [0.3, 0.4) is 0 Å². The van der Waals surface area contributed by atoms with Crippen molar-refractivity contribution < 1.29 is 0 Å². The predicted octanol–water partition coefficient (Wildman–Crippen LogP) is 4.04. The van der Waals surface area contributed by atoms with Gasteiger partial charge in [0.2, 0.25) is 0 Å². The highest BCUT2D eigenvalue weighted by Gasteiger charge is 2.15. The van der Waals surface area contributed by atoms with Crippen molar-refractivity contribution in [3.05, 3.63) is 70.8 Å². The topological polar surface area (TPSA) is 12.0 Å². The Morgan fingerprint density at radius 3 is 2.42 bits per heavy atom. The smallest absolute Gasteiger partial charge is 0.0217 e. The Labute approximate surface area is 116 Å². The average molecular weight is 253 g/mol. The molecule has 0 aliphatic rings. The molecule has 0 fully saturated rings. The first kappa shape index (κ1) is 13.8. The lowest BCUT2D eigenvalue weighted by molar-refractivity contribution is 0.656. The molecular weight excluding hydrogens is 230 g/mol. The van der Waals surface area contributed by atoms with Gasteiger partial charge >= 0.3 is 0 Å². The highest BCUT2D eigenvalue weighted by molar-refractivity contribution is 5.40. The van der Waals surface area contributed by atoms with Crippen molar-refractivity contribution in [2.75, 3.05) is 13.1 Å². The van der Waals surface area contributed by atoms with E-state index in [0.717, 1.165) is 13.1 Å². The van der Waals surface area contributed by atoms with E-state index in [2.05, 4.69) is 74.6 Å². The minimum Gasteiger partial charge on any atom is -0.316 e. The summed E-state index contributed by atoms with van der Waals surface area (Å²) in [6.45, 7) is 8.53. The SMILES string of the molecule is CCNCC(c1ccccc1)c1cc(C)ccc1C. The van der Waals surface area contributed by atoms with Crippen LogP contribution in [0.4, 0.5) is 0 Å². The lowest BCUT2D eigenvalue weighted by Gasteiger charge is -2.21. The third kappa shape index (κ3) is 3.45. The second-order valence-electron chi connectivity index (χ2n) is 5.13. The zero-order valence-electron chi connectivity index (χ0n) is 12.1. The molecule has 100 valence electrons. The van der Waals surface area contributed by atoms with Gasteiger partial charge in [-0.1, -0.05) is 61.0 Å². The van der Waals surface area contributed by atoms with Gasteiger partial charge in [-0.2, -0.15) is 0 Å². The molecule has 1 atom stereocenters. The van der Waals surface area contributed by atoms with Crippen molar-refractivity contribution in [1.82, 2.24) is 5.32 Å². The molecule has 2 rings (SSSR count). The molecule has 0 aliphatic heterocycles. The summed E-state index contributed by atoms with van der Waals surface area (Å²) in [5.74, 6) is 0.432. The molecule has 1 heteroatoms. The number of benzene rings is 2. The van der Waals surface area contributed by atoms with Gasteiger partial charge in [0.25, 0.3) is 0 Å². The zero-order valence-corrected chi connectivity index (χ0v) is 12.1. The zero-order chi connectivity index (χ0) is 13.7. The van der Waals surface area contributed by atoms with Gasteiger partial charge in [-0.3, -0.25) is 0 Å². The Morgan fingerprint density at radius 2 is 1.74 bits per heavy atom. The lowest BCUT2D eigenvalue weighted by atomic mass is 9.87. The van der Waals surface area contributed by atoms with Crippen molar-refractivity contribution in [1.29, 1.82) is 0 Å². The van der Waals surface area contributed by atoms with Gasteiger partial charge in [0, 0.05) is 12.5 Å². The summed E-state index contributed by atoms with van der Waals surface area (Å²) in [6, 6.07) is 17.5. The Bertz CT molecular complexity index is 516. The third-order valence-electron chi connectivity index (χ3n) is 3.61. The van der Waals surface area contributed by atoms with E-state index in [-0.39, 0.29) is 0 Å². The number of aryl methyl sites for hydroxylation is 2. The lowest BCUT2D eigenvalue weighted by Crippen LogP contribution is -2.22. The summed E-state index contributed by atoms with van der Waals surface area (Å²) in [7, 11) is 0. The quantitative estimate of drug-likeness (QED) is 0.848. The molecule has 0 saturated heterocycles. The van der Waals surface area contributed by atoms with Crippen LogP contribution in [0.1, 0.15) is 35.1 Å². The molecule has 19 heavy (non-hydrogen) atoms. The second kappa shape index (κ2) is 6.53. The van der Waals surface area contributed by atoms with Crippen LogP contribution in [0.15, 0.2) is 48.5 Å². The van der Waals surface area contributed by atoms with E-state index in [1.807, 2.05) is 0 Å². The standard InChI is InChI=1S/C18H23N/c1-4-19-13-18(16-8-6-5-7-9-16)17-12-14(2)10-11-15(17)3/h5-12,18-19H,4,13H2,1-3H3. The Morgan fingerprint density at radius 1 is 1.00 bits per heavy atom. The van der Waals surface area contributed by atoms with Crippen LogP contribution < -0.4 is 5.32 Å². The third-order valence-corrected chi connectivity index (χ3v) is 3.61. The molecule has 1 N–H and O–H groups in total. The fourth-order valence-electron chi connectivity index (χ4n) is 2.52. The van der Waals surface area contributed by atoms with Gasteiger partial charge < -0.3 is 5.32 Å². The maximum Gasteiger partial charge on any atom is 0.0217 e. The van der Waals surface area contributed by atoms with Crippen molar-refractivity contribution >= 4 is 0 Å². The average Bonchev–Trinajstić information content (AvgIpc) is 2.44. The molecule has 1 unspecified atom stereocenters. The predicted molar refractivity (Wildman–Crippen MR) is 82.7 cm³/mol. The van der Waals surface area contributed by atoms with Gasteiger partial charge in [0.05, 0.1) is 0 Å². The van der Waals surface area contributed by atoms with E-state index < -0.39 is 0 Å². The minimum absolute atomic E-state index is 0.432. The number of nitrogens with one attached hydrogen (secondary N) is 1. The van der Waals surface area contributed by atoms with Crippen molar-refractivity contribution in [2.24, 2.45) is 0 Å². The van der Waals surface area contributed by atoms with Crippen LogP contribution in [-0.4, -0.2) is 13.1 Å². The minimum atomic E-state index is 0.432. The molecule has 0 heterocycles. The molecule has 0 aromatic heterocycles. The van der Waals surface area contributed by atoms with Gasteiger partial charge in [-0.15, -0.1) is 0 Å². The highest BCUT2D eigenvalue weighted by Crippen LogP contribution is 2.27. The normalized spacial score (nSPS) is 12.4. The van der Waals surface area contributed by atoms with E-state index in [1.54, 1.807) is 0 Å². The molecule has 2 aromatic rings. The molecule has 0 radical (unpaired) electrons. The largest absolute Gasteiger partial charge is 0.316 e. The first-order valence-corrected chi connectivity index (χ1v) is 7.05. The Balaban J connectivity index is 2.40. The summed E-state index contributed by atoms with van der Waals surface area (Å²) < 4.78 is 0. The van der Waals surface area contributed by atoms with Crippen LogP contribution in [0.5, 0.6) is 0 Å². The summed E-state index contributed by atoms with van der Waals surface area (Å²) in [4.78, 5) is 0. The maximum absolute atomic E-state index is 3.49.